The number of hydrogen-bond donors (Lipinski definition) is 2. The molecule has 1 aromatic carbocycles. The standard InChI is InChI=1S/C17H17FN4O2/c1-24-12-8-15(16-19-4-5-20-16)22(9-12)17(23)14-7-10-6-11(18)2-3-13(10)21-14/h2-7,12,15,21H,8-9H2,1H3,(H,19,20)/t12-,15?/m1/s1. The third-order valence-electron chi connectivity index (χ3n) is 4.51. The van der Waals surface area contributed by atoms with Gasteiger partial charge in [-0.3, -0.25) is 4.79 Å². The lowest BCUT2D eigenvalue weighted by Crippen LogP contribution is -2.32. The third kappa shape index (κ3) is 2.46. The van der Waals surface area contributed by atoms with Gasteiger partial charge < -0.3 is 19.6 Å². The number of likely N-dealkylation sites (tertiary alicyclic amines) is 1. The van der Waals surface area contributed by atoms with E-state index in [4.69, 9.17) is 4.74 Å². The fourth-order valence-electron chi connectivity index (χ4n) is 3.29. The molecular formula is C17H17FN4O2. The molecule has 3 aromatic rings. The van der Waals surface area contributed by atoms with Gasteiger partial charge in [0.05, 0.1) is 12.1 Å². The highest BCUT2D eigenvalue weighted by atomic mass is 19.1. The summed E-state index contributed by atoms with van der Waals surface area (Å²) in [5, 5.41) is 0.676. The van der Waals surface area contributed by atoms with Gasteiger partial charge in [0.1, 0.15) is 17.3 Å². The summed E-state index contributed by atoms with van der Waals surface area (Å²) in [5.41, 5.74) is 1.17. The van der Waals surface area contributed by atoms with Crippen LogP contribution in [0.25, 0.3) is 10.9 Å². The number of rotatable bonds is 3. The lowest BCUT2D eigenvalue weighted by atomic mass is 10.2. The summed E-state index contributed by atoms with van der Waals surface area (Å²) < 4.78 is 18.8. The van der Waals surface area contributed by atoms with Crippen LogP contribution in [0.2, 0.25) is 0 Å². The smallest absolute Gasteiger partial charge is 0.271 e. The van der Waals surface area contributed by atoms with Gasteiger partial charge in [0, 0.05) is 43.4 Å². The number of H-pyrrole nitrogens is 2. The van der Waals surface area contributed by atoms with E-state index < -0.39 is 0 Å². The second kappa shape index (κ2) is 5.76. The van der Waals surface area contributed by atoms with E-state index in [0.29, 0.717) is 24.0 Å². The van der Waals surface area contributed by atoms with E-state index in [2.05, 4.69) is 15.0 Å². The molecule has 1 fully saturated rings. The number of fused-ring (bicyclic) bond motifs is 1. The Morgan fingerprint density at radius 1 is 1.42 bits per heavy atom. The van der Waals surface area contributed by atoms with Crippen molar-refractivity contribution in [1.29, 1.82) is 0 Å². The number of amides is 1. The number of aromatic amines is 2. The minimum absolute atomic E-state index is 0.0362. The van der Waals surface area contributed by atoms with Crippen LogP contribution in [0.1, 0.15) is 28.8 Å². The SMILES string of the molecule is CO[C@@H]1CC(c2ncc[nH]2)N(C(=O)c2cc3cc(F)ccc3[nH]2)C1. The quantitative estimate of drug-likeness (QED) is 0.776. The molecule has 1 amide bonds. The molecule has 2 N–H and O–H groups in total. The Balaban J connectivity index is 1.67. The predicted molar refractivity (Wildman–Crippen MR) is 86.0 cm³/mol. The first-order valence-corrected chi connectivity index (χ1v) is 7.77. The van der Waals surface area contributed by atoms with Crippen molar-refractivity contribution in [3.8, 4) is 0 Å². The molecule has 2 atom stereocenters. The first-order valence-electron chi connectivity index (χ1n) is 7.77. The average molecular weight is 328 g/mol. The lowest BCUT2D eigenvalue weighted by molar-refractivity contribution is 0.0680. The summed E-state index contributed by atoms with van der Waals surface area (Å²) in [6.45, 7) is 0.491. The number of aromatic nitrogens is 3. The molecule has 3 heterocycles. The van der Waals surface area contributed by atoms with Crippen molar-refractivity contribution in [2.45, 2.75) is 18.6 Å². The molecule has 0 saturated carbocycles. The normalized spacial score (nSPS) is 20.8. The minimum Gasteiger partial charge on any atom is -0.380 e. The van der Waals surface area contributed by atoms with Gasteiger partial charge in [-0.15, -0.1) is 0 Å². The number of ether oxygens (including phenoxy) is 1. The predicted octanol–water partition coefficient (Wildman–Crippen LogP) is 2.63. The Kier molecular flexibility index (Phi) is 3.57. The third-order valence-corrected chi connectivity index (χ3v) is 4.51. The van der Waals surface area contributed by atoms with Crippen LogP contribution in [-0.2, 0) is 4.74 Å². The van der Waals surface area contributed by atoms with Crippen LogP contribution in [0.5, 0.6) is 0 Å². The van der Waals surface area contributed by atoms with Gasteiger partial charge in [-0.2, -0.15) is 0 Å². The molecule has 1 saturated heterocycles. The van der Waals surface area contributed by atoms with Gasteiger partial charge >= 0.3 is 0 Å². The number of methoxy groups -OCH3 is 1. The highest BCUT2D eigenvalue weighted by molar-refractivity contribution is 5.98. The molecule has 4 rings (SSSR count). The summed E-state index contributed by atoms with van der Waals surface area (Å²) in [6, 6.07) is 5.93. The molecule has 6 nitrogen and oxygen atoms in total. The second-order valence-corrected chi connectivity index (χ2v) is 5.96. The lowest BCUT2D eigenvalue weighted by Gasteiger charge is -2.22. The van der Waals surface area contributed by atoms with Gasteiger partial charge in [0.2, 0.25) is 0 Å². The molecule has 0 radical (unpaired) electrons. The molecule has 124 valence electrons. The molecule has 1 unspecified atom stereocenters. The number of carbonyl (C=O) groups excluding carboxylic acids is 1. The van der Waals surface area contributed by atoms with Gasteiger partial charge in [-0.1, -0.05) is 0 Å². The van der Waals surface area contributed by atoms with Gasteiger partial charge in [-0.05, 0) is 24.3 Å². The monoisotopic (exact) mass is 328 g/mol. The number of benzene rings is 1. The number of imidazole rings is 1. The summed E-state index contributed by atoms with van der Waals surface area (Å²) >= 11 is 0. The zero-order valence-electron chi connectivity index (χ0n) is 13.1. The maximum Gasteiger partial charge on any atom is 0.271 e. The van der Waals surface area contributed by atoms with Crippen LogP contribution in [0.3, 0.4) is 0 Å². The first-order chi connectivity index (χ1) is 11.7. The van der Waals surface area contributed by atoms with Crippen molar-refractivity contribution in [2.75, 3.05) is 13.7 Å². The van der Waals surface area contributed by atoms with E-state index in [1.807, 2.05) is 0 Å². The fraction of sp³-hybridized carbons (Fsp3) is 0.294. The van der Waals surface area contributed by atoms with Crippen LogP contribution >= 0.6 is 0 Å². The van der Waals surface area contributed by atoms with Gasteiger partial charge in [0.25, 0.3) is 5.91 Å². The van der Waals surface area contributed by atoms with E-state index in [1.165, 1.54) is 12.1 Å². The Hall–Kier alpha value is -2.67. The van der Waals surface area contributed by atoms with Crippen molar-refractivity contribution >= 4 is 16.8 Å². The van der Waals surface area contributed by atoms with Crippen molar-refractivity contribution in [2.24, 2.45) is 0 Å². The summed E-state index contributed by atoms with van der Waals surface area (Å²) in [5.74, 6) is 0.271. The molecule has 7 heteroatoms. The zero-order chi connectivity index (χ0) is 16.7. The molecule has 0 bridgehead atoms. The van der Waals surface area contributed by atoms with Crippen LogP contribution in [-0.4, -0.2) is 45.5 Å². The zero-order valence-corrected chi connectivity index (χ0v) is 13.1. The van der Waals surface area contributed by atoms with Crippen molar-refractivity contribution in [1.82, 2.24) is 19.9 Å². The summed E-state index contributed by atoms with van der Waals surface area (Å²) in [4.78, 5) is 25.1. The number of hydrogen-bond acceptors (Lipinski definition) is 3. The van der Waals surface area contributed by atoms with E-state index in [-0.39, 0.29) is 23.9 Å². The summed E-state index contributed by atoms with van der Waals surface area (Å²) in [6.07, 6.45) is 4.06. The van der Waals surface area contributed by atoms with Crippen LogP contribution < -0.4 is 0 Å². The number of nitrogens with zero attached hydrogens (tertiary/aromatic N) is 2. The van der Waals surface area contributed by atoms with Gasteiger partial charge in [-0.25, -0.2) is 9.37 Å². The van der Waals surface area contributed by atoms with Crippen LogP contribution in [0, 0.1) is 5.82 Å². The molecule has 1 aliphatic heterocycles. The van der Waals surface area contributed by atoms with Gasteiger partial charge in [0.15, 0.2) is 0 Å². The summed E-state index contributed by atoms with van der Waals surface area (Å²) in [7, 11) is 1.64. The number of halogens is 1. The second-order valence-electron chi connectivity index (χ2n) is 5.96. The number of carbonyl (C=O) groups is 1. The first kappa shape index (κ1) is 14.9. The molecule has 2 aromatic heterocycles. The molecule has 24 heavy (non-hydrogen) atoms. The fourth-order valence-corrected chi connectivity index (χ4v) is 3.29. The Morgan fingerprint density at radius 2 is 2.29 bits per heavy atom. The van der Waals surface area contributed by atoms with E-state index in [0.717, 1.165) is 11.3 Å². The Morgan fingerprint density at radius 3 is 3.04 bits per heavy atom. The maximum atomic E-state index is 13.4. The molecular weight excluding hydrogens is 311 g/mol. The largest absolute Gasteiger partial charge is 0.380 e. The van der Waals surface area contributed by atoms with Crippen molar-refractivity contribution in [3.05, 3.63) is 54.0 Å². The molecule has 0 aliphatic carbocycles. The Bertz CT molecular complexity index is 874. The minimum atomic E-state index is -0.324. The van der Waals surface area contributed by atoms with E-state index >= 15 is 0 Å². The van der Waals surface area contributed by atoms with Crippen LogP contribution in [0.15, 0.2) is 36.7 Å². The van der Waals surface area contributed by atoms with Crippen molar-refractivity contribution < 1.29 is 13.9 Å². The Labute approximate surface area is 137 Å². The van der Waals surface area contributed by atoms with E-state index in [1.54, 1.807) is 36.5 Å². The topological polar surface area (TPSA) is 74.0 Å². The average Bonchev–Trinajstić information content (AvgIpc) is 3.31. The maximum absolute atomic E-state index is 13.4. The highest BCUT2D eigenvalue weighted by Gasteiger charge is 2.38. The number of nitrogens with one attached hydrogen (secondary N) is 2. The van der Waals surface area contributed by atoms with E-state index in [9.17, 15) is 9.18 Å². The highest BCUT2D eigenvalue weighted by Crippen LogP contribution is 2.33. The molecule has 1 aliphatic rings. The molecule has 0 spiro atoms. The van der Waals surface area contributed by atoms with Crippen LogP contribution in [0.4, 0.5) is 4.39 Å². The van der Waals surface area contributed by atoms with Crippen molar-refractivity contribution in [3.63, 3.8) is 0 Å².